The summed E-state index contributed by atoms with van der Waals surface area (Å²) in [6.07, 6.45) is 5.44. The van der Waals surface area contributed by atoms with Gasteiger partial charge in [0.1, 0.15) is 0 Å². The molecule has 30 heavy (non-hydrogen) atoms. The molecule has 9 heteroatoms. The van der Waals surface area contributed by atoms with Crippen molar-refractivity contribution in [1.29, 1.82) is 0 Å². The van der Waals surface area contributed by atoms with Crippen LogP contribution in [0.3, 0.4) is 0 Å². The Bertz CT molecular complexity index is 1320. The molecule has 9 nitrogen and oxygen atoms in total. The Balaban J connectivity index is 1.62. The predicted octanol–water partition coefficient (Wildman–Crippen LogP) is 1.65. The Hall–Kier alpha value is -3.88. The highest BCUT2D eigenvalue weighted by molar-refractivity contribution is 5.61. The SMILES string of the molecule is CC(Nc1nc(=NC2CC2)n2ncc(=Cc3cc(O)[nH]c3O)c2n1)c1ccccc1. The molecule has 1 saturated carbocycles. The Morgan fingerprint density at radius 1 is 1.23 bits per heavy atom. The molecule has 1 aromatic carbocycles. The van der Waals surface area contributed by atoms with Crippen molar-refractivity contribution in [2.75, 3.05) is 5.32 Å². The standard InChI is InChI=1S/C21H21N7O2/c1-12(13-5-3-2-4-6-13)23-20-26-18-15(9-14-10-17(29)25-19(14)30)11-22-28(18)21(27-20)24-16-7-8-16/h2-6,9-12,16,25,29-30H,7-8H2,1H3,(H,23,24,27). The minimum absolute atomic E-state index is 0.00319. The first-order valence-corrected chi connectivity index (χ1v) is 9.80. The van der Waals surface area contributed by atoms with E-state index in [1.165, 1.54) is 6.07 Å². The van der Waals surface area contributed by atoms with Gasteiger partial charge in [0.05, 0.1) is 18.3 Å². The number of nitrogens with zero attached hydrogens (tertiary/aromatic N) is 5. The zero-order valence-corrected chi connectivity index (χ0v) is 16.3. The molecule has 1 fully saturated rings. The fourth-order valence-corrected chi connectivity index (χ4v) is 3.24. The summed E-state index contributed by atoms with van der Waals surface area (Å²) in [7, 11) is 0. The second-order valence-electron chi connectivity index (χ2n) is 7.42. The van der Waals surface area contributed by atoms with E-state index in [-0.39, 0.29) is 23.8 Å². The third kappa shape index (κ3) is 3.57. The second kappa shape index (κ2) is 7.18. The van der Waals surface area contributed by atoms with Gasteiger partial charge in [0.25, 0.3) is 5.62 Å². The van der Waals surface area contributed by atoms with Gasteiger partial charge in [0.15, 0.2) is 17.4 Å². The maximum absolute atomic E-state index is 9.95. The van der Waals surface area contributed by atoms with Crippen molar-refractivity contribution in [3.05, 3.63) is 64.6 Å². The Morgan fingerprint density at radius 2 is 2.03 bits per heavy atom. The predicted molar refractivity (Wildman–Crippen MR) is 111 cm³/mol. The van der Waals surface area contributed by atoms with Crippen LogP contribution in [0.1, 0.15) is 36.9 Å². The molecule has 0 spiro atoms. The van der Waals surface area contributed by atoms with Crippen LogP contribution in [0.5, 0.6) is 11.8 Å². The number of aromatic nitrogens is 5. The maximum atomic E-state index is 9.95. The molecule has 0 aliphatic heterocycles. The molecule has 1 unspecified atom stereocenters. The molecule has 5 rings (SSSR count). The number of anilines is 1. The van der Waals surface area contributed by atoms with Crippen LogP contribution in [0, 0.1) is 0 Å². The molecule has 0 saturated heterocycles. The number of hydrogen-bond donors (Lipinski definition) is 4. The second-order valence-corrected chi connectivity index (χ2v) is 7.42. The van der Waals surface area contributed by atoms with E-state index >= 15 is 0 Å². The molecule has 0 amide bonds. The minimum Gasteiger partial charge on any atom is -0.494 e. The fourth-order valence-electron chi connectivity index (χ4n) is 3.24. The normalized spacial score (nSPS) is 16.3. The number of aromatic amines is 1. The number of aromatic hydroxyl groups is 2. The van der Waals surface area contributed by atoms with Gasteiger partial charge in [-0.2, -0.15) is 19.6 Å². The van der Waals surface area contributed by atoms with Crippen molar-refractivity contribution in [1.82, 2.24) is 24.6 Å². The van der Waals surface area contributed by atoms with Crippen LogP contribution in [0.25, 0.3) is 11.7 Å². The zero-order chi connectivity index (χ0) is 20.7. The Labute approximate surface area is 171 Å². The number of H-pyrrole nitrogens is 1. The van der Waals surface area contributed by atoms with Gasteiger partial charge in [-0.1, -0.05) is 30.3 Å². The van der Waals surface area contributed by atoms with Gasteiger partial charge in [-0.3, -0.25) is 4.98 Å². The molecular formula is C21H21N7O2. The topological polar surface area (TPSA) is 124 Å². The van der Waals surface area contributed by atoms with E-state index in [4.69, 9.17) is 0 Å². The smallest absolute Gasteiger partial charge is 0.251 e. The van der Waals surface area contributed by atoms with Crippen molar-refractivity contribution in [3.63, 3.8) is 0 Å². The first-order valence-electron chi connectivity index (χ1n) is 9.80. The lowest BCUT2D eigenvalue weighted by Crippen LogP contribution is -2.25. The summed E-state index contributed by atoms with van der Waals surface area (Å²) in [6, 6.07) is 11.8. The number of nitrogens with one attached hydrogen (secondary N) is 2. The van der Waals surface area contributed by atoms with Crippen molar-refractivity contribution in [3.8, 4) is 11.8 Å². The number of rotatable bonds is 5. The van der Waals surface area contributed by atoms with Crippen LogP contribution in [0.2, 0.25) is 0 Å². The van der Waals surface area contributed by atoms with Crippen LogP contribution in [0.4, 0.5) is 5.95 Å². The highest BCUT2D eigenvalue weighted by atomic mass is 16.3. The molecule has 4 N–H and O–H groups in total. The highest BCUT2D eigenvalue weighted by Gasteiger charge is 2.21. The molecule has 1 aliphatic carbocycles. The van der Waals surface area contributed by atoms with E-state index in [1.807, 2.05) is 37.3 Å². The molecule has 4 aromatic rings. The molecule has 3 heterocycles. The number of hydrogen-bond acceptors (Lipinski definition) is 7. The van der Waals surface area contributed by atoms with Gasteiger partial charge in [0.2, 0.25) is 5.95 Å². The quantitative estimate of drug-likeness (QED) is 0.402. The summed E-state index contributed by atoms with van der Waals surface area (Å²) < 4.78 is 1.60. The molecular weight excluding hydrogens is 382 g/mol. The lowest BCUT2D eigenvalue weighted by atomic mass is 10.1. The first kappa shape index (κ1) is 18.2. The van der Waals surface area contributed by atoms with Crippen LogP contribution in [-0.4, -0.2) is 40.8 Å². The Kier molecular flexibility index (Phi) is 4.35. The minimum atomic E-state index is -0.125. The van der Waals surface area contributed by atoms with Crippen molar-refractivity contribution >= 4 is 17.7 Å². The van der Waals surface area contributed by atoms with Crippen molar-refractivity contribution in [2.45, 2.75) is 31.8 Å². The van der Waals surface area contributed by atoms with Gasteiger partial charge in [-0.05, 0) is 31.4 Å². The van der Waals surface area contributed by atoms with Gasteiger partial charge >= 0.3 is 0 Å². The lowest BCUT2D eigenvalue weighted by molar-refractivity contribution is 0.425. The maximum Gasteiger partial charge on any atom is 0.251 e. The zero-order valence-electron chi connectivity index (χ0n) is 16.3. The van der Waals surface area contributed by atoms with Gasteiger partial charge in [-0.15, -0.1) is 0 Å². The molecule has 0 radical (unpaired) electrons. The summed E-state index contributed by atoms with van der Waals surface area (Å²) in [6.45, 7) is 2.05. The fraction of sp³-hybridized carbons (Fsp3) is 0.238. The number of fused-ring (bicyclic) bond motifs is 1. The van der Waals surface area contributed by atoms with Gasteiger partial charge in [-0.25, -0.2) is 4.99 Å². The molecule has 1 aliphatic rings. The largest absolute Gasteiger partial charge is 0.494 e. The lowest BCUT2D eigenvalue weighted by Gasteiger charge is -2.14. The highest BCUT2D eigenvalue weighted by Crippen LogP contribution is 2.23. The monoisotopic (exact) mass is 403 g/mol. The molecule has 3 aromatic heterocycles. The van der Waals surface area contributed by atoms with E-state index < -0.39 is 0 Å². The summed E-state index contributed by atoms with van der Waals surface area (Å²) >= 11 is 0. The van der Waals surface area contributed by atoms with E-state index in [2.05, 4.69) is 30.4 Å². The van der Waals surface area contributed by atoms with E-state index in [0.717, 1.165) is 18.4 Å². The van der Waals surface area contributed by atoms with Gasteiger partial charge < -0.3 is 15.5 Å². The summed E-state index contributed by atoms with van der Waals surface area (Å²) in [4.78, 5) is 16.4. The van der Waals surface area contributed by atoms with E-state index in [0.29, 0.717) is 28.0 Å². The number of benzene rings is 1. The van der Waals surface area contributed by atoms with E-state index in [1.54, 1.807) is 16.8 Å². The Morgan fingerprint density at radius 3 is 2.73 bits per heavy atom. The molecule has 1 atom stereocenters. The molecule has 0 bridgehead atoms. The van der Waals surface area contributed by atoms with Gasteiger partial charge in [0, 0.05) is 16.8 Å². The van der Waals surface area contributed by atoms with Crippen LogP contribution in [-0.2, 0) is 0 Å². The summed E-state index contributed by atoms with van der Waals surface area (Å²) in [5.41, 5.74) is 2.61. The van der Waals surface area contributed by atoms with Crippen LogP contribution < -0.4 is 16.2 Å². The summed E-state index contributed by atoms with van der Waals surface area (Å²) in [5, 5.41) is 27.9. The van der Waals surface area contributed by atoms with Crippen molar-refractivity contribution in [2.24, 2.45) is 4.99 Å². The first-order chi connectivity index (χ1) is 14.6. The van der Waals surface area contributed by atoms with Crippen LogP contribution >= 0.6 is 0 Å². The average molecular weight is 403 g/mol. The van der Waals surface area contributed by atoms with E-state index in [9.17, 15) is 10.2 Å². The third-order valence-corrected chi connectivity index (χ3v) is 4.99. The molecule has 152 valence electrons. The van der Waals surface area contributed by atoms with Crippen LogP contribution in [0.15, 0.2) is 47.6 Å². The van der Waals surface area contributed by atoms with Crippen molar-refractivity contribution < 1.29 is 10.2 Å². The third-order valence-electron chi connectivity index (χ3n) is 4.99. The average Bonchev–Trinajstić information content (AvgIpc) is 3.37. The summed E-state index contributed by atoms with van der Waals surface area (Å²) in [5.74, 6) is 0.211.